The van der Waals surface area contributed by atoms with Crippen LogP contribution < -0.4 is 0 Å². The lowest BCUT2D eigenvalue weighted by Gasteiger charge is -2.17. The summed E-state index contributed by atoms with van der Waals surface area (Å²) in [5.74, 6) is 0.0691. The molecule has 0 bridgehead atoms. The first-order chi connectivity index (χ1) is 9.65. The summed E-state index contributed by atoms with van der Waals surface area (Å²) in [5, 5.41) is 8.99. The molecule has 0 unspecified atom stereocenters. The molecule has 0 saturated carbocycles. The second kappa shape index (κ2) is 5.12. The molecule has 1 fully saturated rings. The first kappa shape index (κ1) is 12.9. The van der Waals surface area contributed by atoms with Gasteiger partial charge in [0, 0.05) is 18.7 Å². The maximum atomic E-state index is 12.5. The predicted molar refractivity (Wildman–Crippen MR) is 74.7 cm³/mol. The Morgan fingerprint density at radius 1 is 1.05 bits per heavy atom. The normalized spacial score (nSPS) is 24.5. The summed E-state index contributed by atoms with van der Waals surface area (Å²) >= 11 is 0. The molecule has 1 aliphatic carbocycles. The third kappa shape index (κ3) is 2.33. The minimum absolute atomic E-state index is 0.0532. The molecule has 3 rings (SSSR count). The van der Waals surface area contributed by atoms with Crippen molar-refractivity contribution >= 4 is 11.9 Å². The Kier molecular flexibility index (Phi) is 3.30. The van der Waals surface area contributed by atoms with Gasteiger partial charge in [-0.05, 0) is 42.9 Å². The van der Waals surface area contributed by atoms with Crippen molar-refractivity contribution < 1.29 is 14.7 Å². The second-order valence-electron chi connectivity index (χ2n) is 5.56. The van der Waals surface area contributed by atoms with Gasteiger partial charge in [-0.1, -0.05) is 18.2 Å². The van der Waals surface area contributed by atoms with Gasteiger partial charge in [0.25, 0.3) is 5.91 Å². The lowest BCUT2D eigenvalue weighted by Crippen LogP contribution is -2.29. The molecule has 1 aromatic rings. The van der Waals surface area contributed by atoms with E-state index in [4.69, 9.17) is 5.11 Å². The van der Waals surface area contributed by atoms with Crippen LogP contribution in [0.4, 0.5) is 0 Å². The summed E-state index contributed by atoms with van der Waals surface area (Å²) in [6.07, 6.45) is 6.48. The first-order valence-corrected chi connectivity index (χ1v) is 6.93. The van der Waals surface area contributed by atoms with E-state index in [0.717, 1.165) is 25.9 Å². The molecule has 1 N–H and O–H groups in total. The summed E-state index contributed by atoms with van der Waals surface area (Å²) in [5.41, 5.74) is 0.630. The summed E-state index contributed by atoms with van der Waals surface area (Å²) in [6, 6.07) is 6.29. The first-order valence-electron chi connectivity index (χ1n) is 6.93. The number of fused-ring (bicyclic) bond motifs is 1. The number of aromatic carboxylic acids is 1. The monoisotopic (exact) mass is 271 g/mol. The third-order valence-corrected chi connectivity index (χ3v) is 4.26. The molecule has 104 valence electrons. The molecule has 2 aliphatic rings. The Morgan fingerprint density at radius 2 is 1.65 bits per heavy atom. The van der Waals surface area contributed by atoms with Gasteiger partial charge in [-0.15, -0.1) is 0 Å². The zero-order valence-electron chi connectivity index (χ0n) is 11.2. The van der Waals surface area contributed by atoms with Crippen LogP contribution in [0.3, 0.4) is 0 Å². The lowest BCUT2D eigenvalue weighted by molar-refractivity contribution is 0.0697. The van der Waals surface area contributed by atoms with Crippen molar-refractivity contribution in [2.24, 2.45) is 11.8 Å². The van der Waals surface area contributed by atoms with Crippen LogP contribution in [-0.2, 0) is 0 Å². The van der Waals surface area contributed by atoms with Gasteiger partial charge in [0.05, 0.1) is 5.56 Å². The van der Waals surface area contributed by atoms with Crippen molar-refractivity contribution in [3.8, 4) is 0 Å². The Balaban J connectivity index is 1.77. The number of likely N-dealkylation sites (tertiary alicyclic amines) is 1. The van der Waals surface area contributed by atoms with Gasteiger partial charge in [-0.3, -0.25) is 4.79 Å². The smallest absolute Gasteiger partial charge is 0.335 e. The highest BCUT2D eigenvalue weighted by Crippen LogP contribution is 2.33. The van der Waals surface area contributed by atoms with Crippen LogP contribution in [0, 0.1) is 11.8 Å². The SMILES string of the molecule is O=C(O)c1cccc(C(=O)N2C[C@@H]3CC=CC[C@H]3C2)c1. The molecule has 1 heterocycles. The number of nitrogens with zero attached hydrogens (tertiary/aromatic N) is 1. The van der Waals surface area contributed by atoms with Crippen molar-refractivity contribution in [3.63, 3.8) is 0 Å². The third-order valence-electron chi connectivity index (χ3n) is 4.26. The van der Waals surface area contributed by atoms with Gasteiger partial charge in [-0.25, -0.2) is 4.79 Å². The average molecular weight is 271 g/mol. The molecule has 1 amide bonds. The number of amides is 1. The van der Waals surface area contributed by atoms with Crippen molar-refractivity contribution in [2.45, 2.75) is 12.8 Å². The van der Waals surface area contributed by atoms with Crippen molar-refractivity contribution in [3.05, 3.63) is 47.5 Å². The van der Waals surface area contributed by atoms with E-state index in [-0.39, 0.29) is 11.5 Å². The van der Waals surface area contributed by atoms with Crippen LogP contribution in [0.2, 0.25) is 0 Å². The van der Waals surface area contributed by atoms with Gasteiger partial charge in [0.1, 0.15) is 0 Å². The quantitative estimate of drug-likeness (QED) is 0.840. The van der Waals surface area contributed by atoms with Gasteiger partial charge in [0.2, 0.25) is 0 Å². The Morgan fingerprint density at radius 3 is 2.25 bits per heavy atom. The zero-order chi connectivity index (χ0) is 14.1. The Labute approximate surface area is 117 Å². The zero-order valence-corrected chi connectivity index (χ0v) is 11.2. The molecular formula is C16H17NO3. The van der Waals surface area contributed by atoms with E-state index < -0.39 is 5.97 Å². The molecular weight excluding hydrogens is 254 g/mol. The van der Waals surface area contributed by atoms with E-state index in [1.165, 1.54) is 12.1 Å². The molecule has 20 heavy (non-hydrogen) atoms. The Hall–Kier alpha value is -2.10. The molecule has 1 aliphatic heterocycles. The number of carbonyl (C=O) groups excluding carboxylic acids is 1. The number of carboxylic acids is 1. The molecule has 1 saturated heterocycles. The van der Waals surface area contributed by atoms with Crippen molar-refractivity contribution in [2.75, 3.05) is 13.1 Å². The van der Waals surface area contributed by atoms with Gasteiger partial charge < -0.3 is 10.0 Å². The largest absolute Gasteiger partial charge is 0.478 e. The predicted octanol–water partition coefficient (Wildman–Crippen LogP) is 2.42. The maximum Gasteiger partial charge on any atom is 0.335 e. The highest BCUT2D eigenvalue weighted by atomic mass is 16.4. The highest BCUT2D eigenvalue weighted by molar-refractivity contribution is 5.97. The van der Waals surface area contributed by atoms with Crippen LogP contribution >= 0.6 is 0 Å². The van der Waals surface area contributed by atoms with E-state index in [9.17, 15) is 9.59 Å². The van der Waals surface area contributed by atoms with Gasteiger partial charge in [0.15, 0.2) is 0 Å². The van der Waals surface area contributed by atoms with E-state index in [1.54, 1.807) is 12.1 Å². The van der Waals surface area contributed by atoms with Crippen LogP contribution in [0.25, 0.3) is 0 Å². The number of carbonyl (C=O) groups is 2. The summed E-state index contributed by atoms with van der Waals surface area (Å²) in [7, 11) is 0. The molecule has 1 aromatic carbocycles. The van der Waals surface area contributed by atoms with E-state index in [1.807, 2.05) is 4.90 Å². The van der Waals surface area contributed by atoms with Crippen molar-refractivity contribution in [1.82, 2.24) is 4.90 Å². The number of carboxylic acid groups (broad SMARTS) is 1. The number of benzene rings is 1. The van der Waals surface area contributed by atoms with Crippen LogP contribution in [0.5, 0.6) is 0 Å². The molecule has 0 aromatic heterocycles. The highest BCUT2D eigenvalue weighted by Gasteiger charge is 2.35. The average Bonchev–Trinajstić information content (AvgIpc) is 2.90. The summed E-state index contributed by atoms with van der Waals surface area (Å²) in [6.45, 7) is 1.57. The molecule has 2 atom stereocenters. The van der Waals surface area contributed by atoms with E-state index in [2.05, 4.69) is 12.2 Å². The molecule has 4 nitrogen and oxygen atoms in total. The summed E-state index contributed by atoms with van der Waals surface area (Å²) in [4.78, 5) is 25.3. The van der Waals surface area contributed by atoms with Crippen LogP contribution in [0.1, 0.15) is 33.6 Å². The second-order valence-corrected chi connectivity index (χ2v) is 5.56. The summed E-state index contributed by atoms with van der Waals surface area (Å²) < 4.78 is 0. The lowest BCUT2D eigenvalue weighted by atomic mass is 9.86. The number of allylic oxidation sites excluding steroid dienone is 2. The maximum absolute atomic E-state index is 12.5. The fourth-order valence-electron chi connectivity index (χ4n) is 3.15. The van der Waals surface area contributed by atoms with Crippen LogP contribution in [0.15, 0.2) is 36.4 Å². The minimum Gasteiger partial charge on any atom is -0.478 e. The minimum atomic E-state index is -1.00. The van der Waals surface area contributed by atoms with Crippen molar-refractivity contribution in [1.29, 1.82) is 0 Å². The molecule has 0 spiro atoms. The number of hydrogen-bond acceptors (Lipinski definition) is 2. The topological polar surface area (TPSA) is 57.6 Å². The number of hydrogen-bond donors (Lipinski definition) is 1. The van der Waals surface area contributed by atoms with Crippen LogP contribution in [-0.4, -0.2) is 35.0 Å². The van der Waals surface area contributed by atoms with Gasteiger partial charge >= 0.3 is 5.97 Å². The standard InChI is InChI=1S/C16H17NO3/c18-15(11-6-3-7-12(8-11)16(19)20)17-9-13-4-1-2-5-14(13)10-17/h1-3,6-8,13-14H,4-5,9-10H2,(H,19,20)/t13-,14-/m0/s1. The molecule has 4 heteroatoms. The Bertz CT molecular complexity index is 563. The molecule has 0 radical (unpaired) electrons. The van der Waals surface area contributed by atoms with Gasteiger partial charge in [-0.2, -0.15) is 0 Å². The number of rotatable bonds is 2. The fourth-order valence-corrected chi connectivity index (χ4v) is 3.15. The van der Waals surface area contributed by atoms with E-state index >= 15 is 0 Å². The van der Waals surface area contributed by atoms with E-state index in [0.29, 0.717) is 17.4 Å². The fraction of sp³-hybridized carbons (Fsp3) is 0.375.